The third kappa shape index (κ3) is 3.35. The van der Waals surface area contributed by atoms with Gasteiger partial charge in [-0.1, -0.05) is 0 Å². The fourth-order valence-electron chi connectivity index (χ4n) is 3.68. The van der Waals surface area contributed by atoms with Gasteiger partial charge < -0.3 is 9.80 Å². The summed E-state index contributed by atoms with van der Waals surface area (Å²) < 4.78 is 26.6. The fourth-order valence-corrected chi connectivity index (χ4v) is 3.68. The molecule has 0 aliphatic carbocycles. The number of nitrogens with zero attached hydrogens (tertiary/aromatic N) is 2. The van der Waals surface area contributed by atoms with Crippen molar-refractivity contribution in [3.8, 4) is 0 Å². The largest absolute Gasteiger partial charge is 0.343 e. The Bertz CT molecular complexity index is 619. The van der Waals surface area contributed by atoms with E-state index in [1.165, 1.54) is 12.1 Å². The summed E-state index contributed by atoms with van der Waals surface area (Å²) in [6.07, 6.45) is 2.05. The van der Waals surface area contributed by atoms with E-state index in [2.05, 4.69) is 0 Å². The highest BCUT2D eigenvalue weighted by molar-refractivity contribution is 5.79. The van der Waals surface area contributed by atoms with Gasteiger partial charge in [0.15, 0.2) is 0 Å². The van der Waals surface area contributed by atoms with Gasteiger partial charge >= 0.3 is 0 Å². The van der Waals surface area contributed by atoms with E-state index in [1.54, 1.807) is 16.7 Å². The number of amides is 2. The van der Waals surface area contributed by atoms with Crippen LogP contribution in [0.25, 0.3) is 0 Å². The smallest absolute Gasteiger partial charge is 0.223 e. The molecule has 2 heterocycles. The molecule has 0 aromatic heterocycles. The van der Waals surface area contributed by atoms with Gasteiger partial charge in [-0.2, -0.15) is 0 Å². The molecule has 2 saturated heterocycles. The molecule has 2 amide bonds. The lowest BCUT2D eigenvalue weighted by atomic mass is 9.77. The highest BCUT2D eigenvalue weighted by atomic mass is 19.1. The molecule has 0 radical (unpaired) electrons. The zero-order valence-corrected chi connectivity index (χ0v) is 13.1. The van der Waals surface area contributed by atoms with E-state index in [0.29, 0.717) is 31.6 Å². The van der Waals surface area contributed by atoms with Crippen LogP contribution in [0.1, 0.15) is 31.7 Å². The Morgan fingerprint density at radius 3 is 2.35 bits per heavy atom. The molecule has 0 unspecified atom stereocenters. The maximum atomic E-state index is 13.3. The van der Waals surface area contributed by atoms with Crippen LogP contribution in [0.5, 0.6) is 0 Å². The quantitative estimate of drug-likeness (QED) is 0.838. The molecule has 3 rings (SSSR count). The molecule has 0 bridgehead atoms. The molecule has 0 atom stereocenters. The Hall–Kier alpha value is -1.98. The Labute approximate surface area is 134 Å². The maximum absolute atomic E-state index is 13.3. The van der Waals surface area contributed by atoms with E-state index in [4.69, 9.17) is 0 Å². The van der Waals surface area contributed by atoms with Crippen LogP contribution in [0.15, 0.2) is 18.2 Å². The number of carbonyl (C=O) groups excluding carboxylic acids is 2. The Morgan fingerprint density at radius 2 is 1.78 bits per heavy atom. The van der Waals surface area contributed by atoms with E-state index < -0.39 is 11.6 Å². The number of rotatable bonds is 2. The van der Waals surface area contributed by atoms with Crippen molar-refractivity contribution in [2.45, 2.75) is 32.7 Å². The Balaban J connectivity index is 1.67. The van der Waals surface area contributed by atoms with E-state index >= 15 is 0 Å². The number of carbonyl (C=O) groups is 2. The number of likely N-dealkylation sites (tertiary alicyclic amines) is 2. The first-order valence-corrected chi connectivity index (χ1v) is 7.85. The summed E-state index contributed by atoms with van der Waals surface area (Å²) in [6.45, 7) is 3.72. The van der Waals surface area contributed by atoms with Crippen LogP contribution in [0.3, 0.4) is 0 Å². The molecular formula is C17H20F2N2O2. The molecule has 2 fully saturated rings. The number of benzene rings is 1. The molecular weight excluding hydrogens is 302 g/mol. The summed E-state index contributed by atoms with van der Waals surface area (Å²) in [5.41, 5.74) is 0.364. The van der Waals surface area contributed by atoms with E-state index in [9.17, 15) is 18.4 Å². The Morgan fingerprint density at radius 1 is 1.17 bits per heavy atom. The van der Waals surface area contributed by atoms with Gasteiger partial charge in [0.1, 0.15) is 11.6 Å². The summed E-state index contributed by atoms with van der Waals surface area (Å²) >= 11 is 0. The lowest BCUT2D eigenvalue weighted by Gasteiger charge is -2.38. The van der Waals surface area contributed by atoms with Crippen molar-refractivity contribution >= 4 is 11.8 Å². The summed E-state index contributed by atoms with van der Waals surface area (Å²) in [5, 5.41) is 0. The fraction of sp³-hybridized carbons (Fsp3) is 0.529. The molecule has 124 valence electrons. The van der Waals surface area contributed by atoms with Crippen molar-refractivity contribution in [1.29, 1.82) is 0 Å². The summed E-state index contributed by atoms with van der Waals surface area (Å²) in [5.74, 6) is -1.17. The molecule has 1 aromatic carbocycles. The molecule has 23 heavy (non-hydrogen) atoms. The number of halogens is 2. The lowest BCUT2D eigenvalue weighted by Crippen LogP contribution is -2.43. The van der Waals surface area contributed by atoms with E-state index in [0.717, 1.165) is 18.9 Å². The first-order valence-electron chi connectivity index (χ1n) is 7.85. The average molecular weight is 322 g/mol. The number of hydrogen-bond acceptors (Lipinski definition) is 2. The van der Waals surface area contributed by atoms with Crippen LogP contribution in [0.4, 0.5) is 8.78 Å². The Kier molecular flexibility index (Phi) is 4.08. The van der Waals surface area contributed by atoms with Crippen molar-refractivity contribution in [2.24, 2.45) is 5.41 Å². The first-order chi connectivity index (χ1) is 10.9. The third-order valence-corrected chi connectivity index (χ3v) is 4.97. The van der Waals surface area contributed by atoms with Crippen molar-refractivity contribution in [1.82, 2.24) is 9.80 Å². The predicted molar refractivity (Wildman–Crippen MR) is 80.3 cm³/mol. The van der Waals surface area contributed by atoms with Gasteiger partial charge in [0, 0.05) is 51.0 Å². The minimum absolute atomic E-state index is 0.0194. The molecule has 6 heteroatoms. The number of hydrogen-bond donors (Lipinski definition) is 0. The number of piperidine rings is 1. The molecule has 1 spiro atoms. The van der Waals surface area contributed by atoms with Gasteiger partial charge in [-0.3, -0.25) is 9.59 Å². The van der Waals surface area contributed by atoms with Crippen LogP contribution in [0, 0.1) is 17.0 Å². The zero-order chi connectivity index (χ0) is 16.6. The van der Waals surface area contributed by atoms with Crippen LogP contribution in [-0.4, -0.2) is 41.2 Å². The van der Waals surface area contributed by atoms with E-state index in [-0.39, 0.29) is 23.8 Å². The molecule has 2 aliphatic rings. The highest BCUT2D eigenvalue weighted by Crippen LogP contribution is 2.41. The lowest BCUT2D eigenvalue weighted by molar-refractivity contribution is -0.131. The predicted octanol–water partition coefficient (Wildman–Crippen LogP) is 2.33. The summed E-state index contributed by atoms with van der Waals surface area (Å²) in [4.78, 5) is 27.2. The molecule has 0 saturated carbocycles. The van der Waals surface area contributed by atoms with Crippen molar-refractivity contribution < 1.29 is 18.4 Å². The van der Waals surface area contributed by atoms with Crippen LogP contribution in [-0.2, 0) is 16.1 Å². The average Bonchev–Trinajstić information content (AvgIpc) is 2.74. The second kappa shape index (κ2) is 5.91. The standard InChI is InChI=1S/C17H20F2N2O2/c1-12(22)20-4-2-17(3-5-20)9-16(23)21(11-17)10-13-6-14(18)8-15(19)7-13/h6-8H,2-5,9-11H2,1H3. The highest BCUT2D eigenvalue weighted by Gasteiger charge is 2.45. The van der Waals surface area contributed by atoms with Crippen LogP contribution < -0.4 is 0 Å². The van der Waals surface area contributed by atoms with Crippen LogP contribution in [0.2, 0.25) is 0 Å². The SMILES string of the molecule is CC(=O)N1CCC2(CC1)CC(=O)N(Cc1cc(F)cc(F)c1)C2. The third-order valence-electron chi connectivity index (χ3n) is 4.97. The van der Waals surface area contributed by atoms with Crippen molar-refractivity contribution in [2.75, 3.05) is 19.6 Å². The van der Waals surface area contributed by atoms with Gasteiger partial charge in [0.25, 0.3) is 0 Å². The first kappa shape index (κ1) is 15.9. The summed E-state index contributed by atoms with van der Waals surface area (Å²) in [7, 11) is 0. The molecule has 1 aromatic rings. The van der Waals surface area contributed by atoms with Crippen molar-refractivity contribution in [3.05, 3.63) is 35.4 Å². The second-order valence-corrected chi connectivity index (χ2v) is 6.71. The molecule has 0 N–H and O–H groups in total. The zero-order valence-electron chi connectivity index (χ0n) is 13.1. The normalized spacial score (nSPS) is 20.4. The minimum atomic E-state index is -0.629. The molecule has 4 nitrogen and oxygen atoms in total. The summed E-state index contributed by atoms with van der Waals surface area (Å²) in [6, 6.07) is 3.35. The van der Waals surface area contributed by atoms with E-state index in [1.807, 2.05) is 0 Å². The van der Waals surface area contributed by atoms with Crippen molar-refractivity contribution in [3.63, 3.8) is 0 Å². The van der Waals surface area contributed by atoms with Gasteiger partial charge in [0.05, 0.1) is 0 Å². The minimum Gasteiger partial charge on any atom is -0.343 e. The second-order valence-electron chi connectivity index (χ2n) is 6.71. The van der Waals surface area contributed by atoms with Gasteiger partial charge in [-0.15, -0.1) is 0 Å². The maximum Gasteiger partial charge on any atom is 0.223 e. The van der Waals surface area contributed by atoms with Crippen LogP contribution >= 0.6 is 0 Å². The topological polar surface area (TPSA) is 40.6 Å². The monoisotopic (exact) mass is 322 g/mol. The van der Waals surface area contributed by atoms with Gasteiger partial charge in [0.2, 0.25) is 11.8 Å². The van der Waals surface area contributed by atoms with Gasteiger partial charge in [-0.05, 0) is 30.5 Å². The van der Waals surface area contributed by atoms with Gasteiger partial charge in [-0.25, -0.2) is 8.78 Å². The molecule has 2 aliphatic heterocycles.